The van der Waals surface area contributed by atoms with Gasteiger partial charge in [0.1, 0.15) is 0 Å². The van der Waals surface area contributed by atoms with E-state index < -0.39 is 17.4 Å². The molecule has 2 atom stereocenters. The van der Waals surface area contributed by atoms with Crippen LogP contribution in [-0.2, 0) is 32.8 Å². The Morgan fingerprint density at radius 1 is 0.844 bits per heavy atom. The summed E-state index contributed by atoms with van der Waals surface area (Å²) in [7, 11) is 0. The lowest BCUT2D eigenvalue weighted by atomic mass is 9.69. The number of hydrogen-bond donors (Lipinski definition) is 1. The molecule has 1 N–H and O–H groups in total. The molecule has 6 nitrogen and oxygen atoms in total. The van der Waals surface area contributed by atoms with Gasteiger partial charge in [0, 0.05) is 42.8 Å². The molecule has 5 aromatic rings. The van der Waals surface area contributed by atoms with Gasteiger partial charge < -0.3 is 14.6 Å². The number of aromatic amines is 1. The summed E-state index contributed by atoms with van der Waals surface area (Å²) in [6.07, 6.45) is 1.33. The van der Waals surface area contributed by atoms with E-state index >= 15 is 4.79 Å². The van der Waals surface area contributed by atoms with E-state index in [1.54, 1.807) is 0 Å². The van der Waals surface area contributed by atoms with Crippen molar-refractivity contribution in [1.29, 1.82) is 0 Å². The van der Waals surface area contributed by atoms with Crippen LogP contribution >= 0.6 is 0 Å². The van der Waals surface area contributed by atoms with Crippen molar-refractivity contribution in [2.45, 2.75) is 37.8 Å². The maximum atomic E-state index is 15.2. The first-order valence-electron chi connectivity index (χ1n) is 16.0. The Kier molecular flexibility index (Phi) is 7.99. The average Bonchev–Trinajstić information content (AvgIpc) is 3.47. The Bertz CT molecular complexity index is 1750. The molecule has 45 heavy (non-hydrogen) atoms. The molecule has 2 aliphatic rings. The van der Waals surface area contributed by atoms with Gasteiger partial charge in [0.15, 0.2) is 0 Å². The number of carbonyl (C=O) groups is 2. The number of hydrogen-bond acceptors (Lipinski definition) is 4. The number of piperidine rings is 1. The number of para-hydroxylation sites is 1. The van der Waals surface area contributed by atoms with Gasteiger partial charge in [-0.1, -0.05) is 109 Å². The van der Waals surface area contributed by atoms with Crippen LogP contribution < -0.4 is 0 Å². The minimum Gasteiger partial charge on any atom is -0.466 e. The van der Waals surface area contributed by atoms with Gasteiger partial charge in [0.25, 0.3) is 0 Å². The molecule has 0 radical (unpaired) electrons. The zero-order chi connectivity index (χ0) is 30.8. The summed E-state index contributed by atoms with van der Waals surface area (Å²) in [6, 6.07) is 38.8. The fourth-order valence-corrected chi connectivity index (χ4v) is 7.74. The highest BCUT2D eigenvalue weighted by Crippen LogP contribution is 2.50. The Balaban J connectivity index is 1.38. The standard InChI is InChI=1S/C39H39N3O3/c1-2-45-38(44)33-27-41(26-28-14-6-3-7-15-28)25-23-39(33)36-32(31-20-12-13-21-34(31)40-36)22-24-42(39)37(43)35(29-16-8-4-9-17-29)30-18-10-5-11-19-30/h3-21,33,35,40H,2,22-27H2,1H3. The highest BCUT2D eigenvalue weighted by molar-refractivity contribution is 5.91. The van der Waals surface area contributed by atoms with Crippen LogP contribution in [0.15, 0.2) is 115 Å². The number of fused-ring (bicyclic) bond motifs is 4. The maximum Gasteiger partial charge on any atom is 0.313 e. The quantitative estimate of drug-likeness (QED) is 0.213. The van der Waals surface area contributed by atoms with E-state index in [4.69, 9.17) is 4.74 Å². The normalized spacial score (nSPS) is 20.0. The number of rotatable bonds is 7. The second-order valence-corrected chi connectivity index (χ2v) is 12.2. The van der Waals surface area contributed by atoms with Gasteiger partial charge in [0.05, 0.1) is 24.0 Å². The number of likely N-dealkylation sites (tertiary alicyclic amines) is 1. The highest BCUT2D eigenvalue weighted by atomic mass is 16.5. The summed E-state index contributed by atoms with van der Waals surface area (Å²) >= 11 is 0. The SMILES string of the molecule is CCOC(=O)C1CN(Cc2ccccc2)CCC12c1[nH]c3ccccc3c1CCN2C(=O)C(c1ccccc1)c1ccccc1. The fraction of sp³-hybridized carbons (Fsp3) is 0.282. The van der Waals surface area contributed by atoms with E-state index in [0.717, 1.165) is 40.8 Å². The van der Waals surface area contributed by atoms with Crippen LogP contribution in [0.2, 0.25) is 0 Å². The topological polar surface area (TPSA) is 65.6 Å². The Morgan fingerprint density at radius 3 is 2.13 bits per heavy atom. The number of carbonyl (C=O) groups excluding carboxylic acids is 2. The number of amides is 1. The third-order valence-electron chi connectivity index (χ3n) is 9.74. The minimum atomic E-state index is -0.884. The van der Waals surface area contributed by atoms with Gasteiger partial charge >= 0.3 is 5.97 Å². The van der Waals surface area contributed by atoms with Gasteiger partial charge in [-0.05, 0) is 48.1 Å². The van der Waals surface area contributed by atoms with E-state index in [9.17, 15) is 4.79 Å². The predicted molar refractivity (Wildman–Crippen MR) is 177 cm³/mol. The molecule has 6 heteroatoms. The van der Waals surface area contributed by atoms with Gasteiger partial charge in [-0.2, -0.15) is 0 Å². The molecule has 2 aliphatic heterocycles. The fourth-order valence-electron chi connectivity index (χ4n) is 7.74. The summed E-state index contributed by atoms with van der Waals surface area (Å²) in [4.78, 5) is 37.6. The molecule has 1 fully saturated rings. The van der Waals surface area contributed by atoms with E-state index in [-0.39, 0.29) is 18.5 Å². The molecular formula is C39H39N3O3. The van der Waals surface area contributed by atoms with Crippen LogP contribution in [0.5, 0.6) is 0 Å². The number of H-pyrrole nitrogens is 1. The van der Waals surface area contributed by atoms with Crippen molar-refractivity contribution in [2.24, 2.45) is 5.92 Å². The van der Waals surface area contributed by atoms with E-state index in [1.807, 2.05) is 79.7 Å². The Hall–Kier alpha value is -4.68. The lowest BCUT2D eigenvalue weighted by Crippen LogP contribution is -2.65. The number of esters is 1. The molecule has 7 rings (SSSR count). The Morgan fingerprint density at radius 2 is 1.47 bits per heavy atom. The Labute approximate surface area is 264 Å². The molecule has 0 aliphatic carbocycles. The van der Waals surface area contributed by atoms with Crippen LogP contribution in [0.1, 0.15) is 47.2 Å². The number of nitrogens with one attached hydrogen (secondary N) is 1. The first kappa shape index (κ1) is 29.1. The van der Waals surface area contributed by atoms with Crippen LogP contribution in [0.3, 0.4) is 0 Å². The molecule has 1 spiro atoms. The summed E-state index contributed by atoms with van der Waals surface area (Å²) in [5.41, 5.74) is 5.43. The molecule has 0 bridgehead atoms. The van der Waals surface area contributed by atoms with Gasteiger partial charge in [-0.25, -0.2) is 0 Å². The lowest BCUT2D eigenvalue weighted by molar-refractivity contribution is -0.166. The maximum absolute atomic E-state index is 15.2. The number of ether oxygens (including phenoxy) is 1. The molecule has 1 aromatic heterocycles. The second kappa shape index (κ2) is 12.4. The molecule has 1 amide bonds. The first-order chi connectivity index (χ1) is 22.1. The third-order valence-corrected chi connectivity index (χ3v) is 9.74. The molecule has 3 heterocycles. The zero-order valence-corrected chi connectivity index (χ0v) is 25.7. The van der Waals surface area contributed by atoms with Gasteiger partial charge in [-0.15, -0.1) is 0 Å². The summed E-state index contributed by atoms with van der Waals surface area (Å²) in [6.45, 7) is 4.64. The van der Waals surface area contributed by atoms with Crippen molar-refractivity contribution in [3.63, 3.8) is 0 Å². The average molecular weight is 598 g/mol. The molecule has 2 unspecified atom stereocenters. The van der Waals surface area contributed by atoms with Gasteiger partial charge in [-0.3, -0.25) is 14.5 Å². The highest BCUT2D eigenvalue weighted by Gasteiger charge is 2.58. The summed E-state index contributed by atoms with van der Waals surface area (Å²) in [5, 5.41) is 1.16. The largest absolute Gasteiger partial charge is 0.466 e. The zero-order valence-electron chi connectivity index (χ0n) is 25.7. The van der Waals surface area contributed by atoms with Crippen molar-refractivity contribution in [2.75, 3.05) is 26.2 Å². The molecular weight excluding hydrogens is 558 g/mol. The number of aromatic nitrogens is 1. The smallest absolute Gasteiger partial charge is 0.313 e. The number of benzene rings is 4. The van der Waals surface area contributed by atoms with Crippen molar-refractivity contribution in [1.82, 2.24) is 14.8 Å². The van der Waals surface area contributed by atoms with Crippen molar-refractivity contribution >= 4 is 22.8 Å². The molecule has 228 valence electrons. The van der Waals surface area contributed by atoms with Crippen molar-refractivity contribution < 1.29 is 14.3 Å². The van der Waals surface area contributed by atoms with Crippen LogP contribution in [0.4, 0.5) is 0 Å². The van der Waals surface area contributed by atoms with E-state index in [0.29, 0.717) is 25.9 Å². The van der Waals surface area contributed by atoms with Crippen LogP contribution in [-0.4, -0.2) is 52.9 Å². The minimum absolute atomic E-state index is 0.0162. The molecule has 4 aromatic carbocycles. The van der Waals surface area contributed by atoms with Crippen LogP contribution in [0, 0.1) is 5.92 Å². The van der Waals surface area contributed by atoms with Gasteiger partial charge in [0.2, 0.25) is 5.91 Å². The van der Waals surface area contributed by atoms with Crippen molar-refractivity contribution in [3.05, 3.63) is 143 Å². The monoisotopic (exact) mass is 597 g/mol. The summed E-state index contributed by atoms with van der Waals surface area (Å²) in [5.74, 6) is -1.31. The molecule has 1 saturated heterocycles. The van der Waals surface area contributed by atoms with E-state index in [2.05, 4.69) is 57.2 Å². The lowest BCUT2D eigenvalue weighted by Gasteiger charge is -2.55. The molecule has 0 saturated carbocycles. The van der Waals surface area contributed by atoms with Crippen molar-refractivity contribution in [3.8, 4) is 0 Å². The predicted octanol–water partition coefficient (Wildman–Crippen LogP) is 6.67. The summed E-state index contributed by atoms with van der Waals surface area (Å²) < 4.78 is 5.84. The third kappa shape index (κ3) is 5.23. The van der Waals surface area contributed by atoms with Crippen LogP contribution in [0.25, 0.3) is 10.9 Å². The first-order valence-corrected chi connectivity index (χ1v) is 16.0. The van der Waals surface area contributed by atoms with E-state index in [1.165, 1.54) is 11.1 Å². The number of nitrogens with zero attached hydrogens (tertiary/aromatic N) is 2. The second-order valence-electron chi connectivity index (χ2n) is 12.2.